The Labute approximate surface area is 211 Å². The number of anilines is 1. The maximum Gasteiger partial charge on any atom is 0.422 e. The number of hydrogen-bond donors (Lipinski definition) is 0. The highest BCUT2D eigenvalue weighted by Gasteiger charge is 2.29. The molecule has 0 saturated carbocycles. The highest BCUT2D eigenvalue weighted by atomic mass is 19.4. The predicted octanol–water partition coefficient (Wildman–Crippen LogP) is 3.35. The molecule has 198 valence electrons. The van der Waals surface area contributed by atoms with Crippen LogP contribution in [0.5, 0.6) is 5.75 Å². The monoisotopic (exact) mass is 520 g/mol. The molecule has 0 aliphatic carbocycles. The highest BCUT2D eigenvalue weighted by molar-refractivity contribution is 5.59. The van der Waals surface area contributed by atoms with Crippen molar-refractivity contribution >= 4 is 5.69 Å². The summed E-state index contributed by atoms with van der Waals surface area (Å²) in [6.07, 6.45) is -2.43. The zero-order chi connectivity index (χ0) is 26.4. The van der Waals surface area contributed by atoms with Gasteiger partial charge in [0.1, 0.15) is 11.6 Å². The van der Waals surface area contributed by atoms with Crippen molar-refractivity contribution < 1.29 is 22.3 Å². The second kappa shape index (κ2) is 11.6. The average Bonchev–Trinajstić information content (AvgIpc) is 2.87. The van der Waals surface area contributed by atoms with Crippen molar-refractivity contribution in [3.05, 3.63) is 93.0 Å². The standard InChI is InChI=1S/C26H28F4N4O3/c27-21-7-8-22(23(17-21)37-19-26(28,29)30)32-15-13-31(14-16-32)10-4-11-34-24(35)9-12-33(25(34)36)18-20-5-2-1-3-6-20/h1-3,5-9,12,17H,4,10-11,13-16,18-19H2. The van der Waals surface area contributed by atoms with Crippen LogP contribution >= 0.6 is 0 Å². The summed E-state index contributed by atoms with van der Waals surface area (Å²) in [7, 11) is 0. The van der Waals surface area contributed by atoms with Crippen LogP contribution < -0.4 is 20.9 Å². The number of nitrogens with zero attached hydrogens (tertiary/aromatic N) is 4. The number of piperazine rings is 1. The number of hydrogen-bond acceptors (Lipinski definition) is 5. The van der Waals surface area contributed by atoms with Crippen molar-refractivity contribution in [2.24, 2.45) is 0 Å². The Hall–Kier alpha value is -3.60. The fourth-order valence-corrected chi connectivity index (χ4v) is 4.35. The van der Waals surface area contributed by atoms with Crippen LogP contribution in [0, 0.1) is 5.82 Å². The Morgan fingerprint density at radius 1 is 0.892 bits per heavy atom. The van der Waals surface area contributed by atoms with Gasteiger partial charge in [-0.25, -0.2) is 9.18 Å². The van der Waals surface area contributed by atoms with Crippen LogP contribution in [0.15, 0.2) is 70.4 Å². The summed E-state index contributed by atoms with van der Waals surface area (Å²) in [5.41, 5.74) is 0.673. The van der Waals surface area contributed by atoms with Gasteiger partial charge < -0.3 is 9.64 Å². The van der Waals surface area contributed by atoms with Gasteiger partial charge in [-0.2, -0.15) is 13.2 Å². The summed E-state index contributed by atoms with van der Waals surface area (Å²) in [5, 5.41) is 0. The predicted molar refractivity (Wildman–Crippen MR) is 132 cm³/mol. The van der Waals surface area contributed by atoms with E-state index in [-0.39, 0.29) is 23.5 Å². The van der Waals surface area contributed by atoms with Crippen molar-refractivity contribution in [2.75, 3.05) is 44.2 Å². The quantitative estimate of drug-likeness (QED) is 0.405. The van der Waals surface area contributed by atoms with E-state index in [1.165, 1.54) is 33.5 Å². The first-order chi connectivity index (χ1) is 17.7. The van der Waals surface area contributed by atoms with E-state index in [1.54, 1.807) is 0 Å². The lowest BCUT2D eigenvalue weighted by Gasteiger charge is -2.36. The Kier molecular flexibility index (Phi) is 8.32. The molecule has 1 saturated heterocycles. The average molecular weight is 521 g/mol. The first-order valence-electron chi connectivity index (χ1n) is 12.0. The third-order valence-corrected chi connectivity index (χ3v) is 6.22. The van der Waals surface area contributed by atoms with E-state index in [1.807, 2.05) is 35.2 Å². The fraction of sp³-hybridized carbons (Fsp3) is 0.385. The van der Waals surface area contributed by atoms with E-state index < -0.39 is 18.6 Å². The van der Waals surface area contributed by atoms with E-state index in [9.17, 15) is 27.2 Å². The number of aromatic nitrogens is 2. The number of ether oxygens (including phenoxy) is 1. The highest BCUT2D eigenvalue weighted by Crippen LogP contribution is 2.31. The lowest BCUT2D eigenvalue weighted by molar-refractivity contribution is -0.153. The van der Waals surface area contributed by atoms with Crippen LogP contribution in [-0.4, -0.2) is 59.5 Å². The van der Waals surface area contributed by atoms with Crippen molar-refractivity contribution in [2.45, 2.75) is 25.7 Å². The molecule has 2 aromatic carbocycles. The SMILES string of the molecule is O=c1ccn(Cc2ccccc2)c(=O)n1CCCN1CCN(c2ccc(F)cc2OCC(F)(F)F)CC1. The zero-order valence-electron chi connectivity index (χ0n) is 20.2. The van der Waals surface area contributed by atoms with E-state index in [2.05, 4.69) is 4.90 Å². The van der Waals surface area contributed by atoms with Gasteiger partial charge in [0.15, 0.2) is 6.61 Å². The van der Waals surface area contributed by atoms with Crippen LogP contribution in [0.2, 0.25) is 0 Å². The molecule has 0 radical (unpaired) electrons. The molecule has 1 aromatic heterocycles. The smallest absolute Gasteiger partial charge is 0.422 e. The molecule has 0 unspecified atom stereocenters. The van der Waals surface area contributed by atoms with Crippen LogP contribution in [-0.2, 0) is 13.1 Å². The van der Waals surface area contributed by atoms with Gasteiger partial charge in [0.2, 0.25) is 0 Å². The molecule has 0 spiro atoms. The minimum Gasteiger partial charge on any atom is -0.482 e. The lowest BCUT2D eigenvalue weighted by Crippen LogP contribution is -2.47. The van der Waals surface area contributed by atoms with Crippen molar-refractivity contribution in [3.63, 3.8) is 0 Å². The molecule has 37 heavy (non-hydrogen) atoms. The van der Waals surface area contributed by atoms with Gasteiger partial charge in [0.25, 0.3) is 5.56 Å². The molecule has 3 aromatic rings. The molecule has 0 amide bonds. The molecule has 11 heteroatoms. The number of benzene rings is 2. The topological polar surface area (TPSA) is 59.7 Å². The van der Waals surface area contributed by atoms with Crippen LogP contribution in [0.3, 0.4) is 0 Å². The minimum absolute atomic E-state index is 0.138. The molecule has 0 atom stereocenters. The summed E-state index contributed by atoms with van der Waals surface area (Å²) in [4.78, 5) is 29.2. The third kappa shape index (κ3) is 7.22. The number of halogens is 4. The molecule has 0 bridgehead atoms. The lowest BCUT2D eigenvalue weighted by atomic mass is 10.2. The molecular weight excluding hydrogens is 492 g/mol. The van der Waals surface area contributed by atoms with Gasteiger partial charge >= 0.3 is 11.9 Å². The molecular formula is C26H28F4N4O3. The number of rotatable bonds is 9. The largest absolute Gasteiger partial charge is 0.482 e. The Balaban J connectivity index is 1.32. The first-order valence-corrected chi connectivity index (χ1v) is 12.0. The van der Waals surface area contributed by atoms with Gasteiger partial charge in [-0.15, -0.1) is 0 Å². The molecule has 7 nitrogen and oxygen atoms in total. The summed E-state index contributed by atoms with van der Waals surface area (Å²) >= 11 is 0. The van der Waals surface area contributed by atoms with Gasteiger partial charge in [-0.05, 0) is 30.7 Å². The minimum atomic E-state index is -4.52. The zero-order valence-corrected chi connectivity index (χ0v) is 20.2. The third-order valence-electron chi connectivity index (χ3n) is 6.22. The van der Waals surface area contributed by atoms with Gasteiger partial charge in [0.05, 0.1) is 12.2 Å². The van der Waals surface area contributed by atoms with Crippen molar-refractivity contribution in [1.82, 2.24) is 14.0 Å². The van der Waals surface area contributed by atoms with Gasteiger partial charge in [0, 0.05) is 51.1 Å². The summed E-state index contributed by atoms with van der Waals surface area (Å²) < 4.78 is 59.0. The maximum absolute atomic E-state index is 13.6. The summed E-state index contributed by atoms with van der Waals surface area (Å²) in [6.45, 7) is 2.09. The van der Waals surface area contributed by atoms with Crippen molar-refractivity contribution in [3.8, 4) is 5.75 Å². The maximum atomic E-state index is 13.6. The normalized spacial score (nSPS) is 14.6. The van der Waals surface area contributed by atoms with E-state index >= 15 is 0 Å². The van der Waals surface area contributed by atoms with Crippen LogP contribution in [0.1, 0.15) is 12.0 Å². The molecule has 1 fully saturated rings. The second-order valence-corrected chi connectivity index (χ2v) is 8.90. The number of alkyl halides is 3. The fourth-order valence-electron chi connectivity index (χ4n) is 4.35. The molecule has 4 rings (SSSR count). The van der Waals surface area contributed by atoms with E-state index in [4.69, 9.17) is 4.74 Å². The molecule has 1 aliphatic rings. The second-order valence-electron chi connectivity index (χ2n) is 8.90. The van der Waals surface area contributed by atoms with E-state index in [0.29, 0.717) is 51.4 Å². The van der Waals surface area contributed by atoms with Crippen molar-refractivity contribution in [1.29, 1.82) is 0 Å². The Morgan fingerprint density at radius 3 is 2.32 bits per heavy atom. The van der Waals surface area contributed by atoms with Gasteiger partial charge in [-0.3, -0.25) is 18.8 Å². The van der Waals surface area contributed by atoms with E-state index in [0.717, 1.165) is 11.6 Å². The Bertz CT molecular complexity index is 1300. The first kappa shape index (κ1) is 26.5. The van der Waals surface area contributed by atoms with Gasteiger partial charge in [-0.1, -0.05) is 30.3 Å². The molecule has 2 heterocycles. The van der Waals surface area contributed by atoms with Crippen LogP contribution in [0.25, 0.3) is 0 Å². The summed E-state index contributed by atoms with van der Waals surface area (Å²) in [6, 6.07) is 14.5. The molecule has 1 aliphatic heterocycles. The summed E-state index contributed by atoms with van der Waals surface area (Å²) in [5.74, 6) is -0.806. The van der Waals surface area contributed by atoms with Crippen LogP contribution in [0.4, 0.5) is 23.2 Å². The molecule has 0 N–H and O–H groups in total. The Morgan fingerprint density at radius 2 is 1.62 bits per heavy atom.